The van der Waals surface area contributed by atoms with Gasteiger partial charge in [-0.25, -0.2) is 4.79 Å². The first-order valence-corrected chi connectivity index (χ1v) is 9.25. The Morgan fingerprint density at radius 1 is 1.44 bits per heavy atom. The summed E-state index contributed by atoms with van der Waals surface area (Å²) in [5, 5.41) is 8.54. The van der Waals surface area contributed by atoms with Gasteiger partial charge in [-0.05, 0) is 35.0 Å². The SMILES string of the molecule is CCOC(=O)C=C1SCC(=O)N1Cc1nnc(-c2ccccc2Br)o1. The normalized spacial score (nSPS) is 15.8. The Bertz CT molecular complexity index is 836. The van der Waals surface area contributed by atoms with Crippen LogP contribution in [0.25, 0.3) is 11.5 Å². The maximum atomic E-state index is 12.1. The van der Waals surface area contributed by atoms with Gasteiger partial charge in [0.1, 0.15) is 6.54 Å². The summed E-state index contributed by atoms with van der Waals surface area (Å²) in [6.07, 6.45) is 1.31. The zero-order valence-electron chi connectivity index (χ0n) is 13.3. The number of halogens is 1. The highest BCUT2D eigenvalue weighted by Gasteiger charge is 2.29. The van der Waals surface area contributed by atoms with Gasteiger partial charge in [-0.15, -0.1) is 10.2 Å². The number of thioether (sulfide) groups is 1. The first-order valence-electron chi connectivity index (χ1n) is 7.47. The number of ether oxygens (including phenoxy) is 1. The summed E-state index contributed by atoms with van der Waals surface area (Å²) in [6.45, 7) is 2.11. The molecule has 0 saturated carbocycles. The van der Waals surface area contributed by atoms with Crippen LogP contribution < -0.4 is 0 Å². The molecule has 1 aromatic carbocycles. The van der Waals surface area contributed by atoms with Gasteiger partial charge in [0.05, 0.1) is 29.0 Å². The van der Waals surface area contributed by atoms with Gasteiger partial charge in [0.2, 0.25) is 17.7 Å². The number of hydrogen-bond acceptors (Lipinski definition) is 7. The van der Waals surface area contributed by atoms with Gasteiger partial charge in [0, 0.05) is 4.47 Å². The van der Waals surface area contributed by atoms with Crippen LogP contribution in [0.15, 0.2) is 44.3 Å². The lowest BCUT2D eigenvalue weighted by Crippen LogP contribution is -2.24. The molecule has 9 heteroatoms. The fourth-order valence-electron chi connectivity index (χ4n) is 2.18. The number of hydrogen-bond donors (Lipinski definition) is 0. The molecule has 0 aliphatic carbocycles. The second-order valence-electron chi connectivity index (χ2n) is 4.98. The van der Waals surface area contributed by atoms with Crippen molar-refractivity contribution in [1.82, 2.24) is 15.1 Å². The molecule has 0 unspecified atom stereocenters. The van der Waals surface area contributed by atoms with Crippen molar-refractivity contribution in [3.63, 3.8) is 0 Å². The van der Waals surface area contributed by atoms with E-state index < -0.39 is 5.97 Å². The van der Waals surface area contributed by atoms with Crippen LogP contribution in [0.5, 0.6) is 0 Å². The third-order valence-electron chi connectivity index (χ3n) is 3.30. The van der Waals surface area contributed by atoms with Crippen molar-refractivity contribution in [3.8, 4) is 11.5 Å². The van der Waals surface area contributed by atoms with E-state index in [2.05, 4.69) is 26.1 Å². The number of esters is 1. The molecule has 2 heterocycles. The van der Waals surface area contributed by atoms with Gasteiger partial charge < -0.3 is 9.15 Å². The van der Waals surface area contributed by atoms with Gasteiger partial charge >= 0.3 is 5.97 Å². The van der Waals surface area contributed by atoms with Gasteiger partial charge in [0.25, 0.3) is 0 Å². The summed E-state index contributed by atoms with van der Waals surface area (Å²) in [7, 11) is 0. The zero-order chi connectivity index (χ0) is 17.8. The number of carbonyl (C=O) groups is 2. The van der Waals surface area contributed by atoms with E-state index in [-0.39, 0.29) is 30.7 Å². The smallest absolute Gasteiger partial charge is 0.333 e. The van der Waals surface area contributed by atoms with E-state index in [1.165, 1.54) is 22.7 Å². The molecule has 25 heavy (non-hydrogen) atoms. The van der Waals surface area contributed by atoms with E-state index in [1.54, 1.807) is 6.92 Å². The van der Waals surface area contributed by atoms with Crippen LogP contribution in [-0.4, -0.2) is 39.3 Å². The summed E-state index contributed by atoms with van der Waals surface area (Å²) >= 11 is 4.71. The van der Waals surface area contributed by atoms with E-state index in [1.807, 2.05) is 24.3 Å². The zero-order valence-corrected chi connectivity index (χ0v) is 15.7. The average Bonchev–Trinajstić information content (AvgIpc) is 3.18. The summed E-state index contributed by atoms with van der Waals surface area (Å²) in [4.78, 5) is 25.1. The Kier molecular flexibility index (Phi) is 5.54. The van der Waals surface area contributed by atoms with E-state index in [9.17, 15) is 9.59 Å². The maximum absolute atomic E-state index is 12.1. The lowest BCUT2D eigenvalue weighted by atomic mass is 10.2. The second-order valence-corrected chi connectivity index (χ2v) is 6.83. The Hall–Kier alpha value is -2.13. The largest absolute Gasteiger partial charge is 0.463 e. The Labute approximate surface area is 156 Å². The van der Waals surface area contributed by atoms with Crippen LogP contribution in [0.4, 0.5) is 0 Å². The van der Waals surface area contributed by atoms with Crippen molar-refractivity contribution in [2.45, 2.75) is 13.5 Å². The minimum absolute atomic E-state index is 0.106. The van der Waals surface area contributed by atoms with Crippen LogP contribution in [0, 0.1) is 0 Å². The lowest BCUT2D eigenvalue weighted by molar-refractivity contribution is -0.137. The molecule has 1 aliphatic rings. The van der Waals surface area contributed by atoms with E-state index in [0.29, 0.717) is 10.9 Å². The van der Waals surface area contributed by atoms with Crippen LogP contribution in [0.2, 0.25) is 0 Å². The molecule has 1 amide bonds. The van der Waals surface area contributed by atoms with Gasteiger partial charge in [-0.3, -0.25) is 9.69 Å². The summed E-state index contributed by atoms with van der Waals surface area (Å²) in [5.41, 5.74) is 0.769. The molecule has 0 N–H and O–H groups in total. The highest BCUT2D eigenvalue weighted by molar-refractivity contribution is 9.10. The second kappa shape index (κ2) is 7.83. The van der Waals surface area contributed by atoms with Gasteiger partial charge in [-0.2, -0.15) is 0 Å². The molecule has 0 radical (unpaired) electrons. The molecule has 130 valence electrons. The quantitative estimate of drug-likeness (QED) is 0.539. The number of aromatic nitrogens is 2. The number of carbonyl (C=O) groups excluding carboxylic acids is 2. The Morgan fingerprint density at radius 2 is 2.24 bits per heavy atom. The highest BCUT2D eigenvalue weighted by atomic mass is 79.9. The lowest BCUT2D eigenvalue weighted by Gasteiger charge is -2.14. The number of benzene rings is 1. The molecule has 2 aromatic rings. The molecule has 3 rings (SSSR count). The van der Waals surface area contributed by atoms with Crippen molar-refractivity contribution < 1.29 is 18.7 Å². The first-order chi connectivity index (χ1) is 12.1. The minimum atomic E-state index is -0.482. The van der Waals surface area contributed by atoms with Crippen LogP contribution >= 0.6 is 27.7 Å². The van der Waals surface area contributed by atoms with Crippen molar-refractivity contribution in [1.29, 1.82) is 0 Å². The molecule has 1 aliphatic heterocycles. The average molecular weight is 424 g/mol. The molecule has 1 fully saturated rings. The van der Waals surface area contributed by atoms with E-state index in [0.717, 1.165) is 10.0 Å². The van der Waals surface area contributed by atoms with Crippen molar-refractivity contribution in [2.24, 2.45) is 0 Å². The molecule has 7 nitrogen and oxygen atoms in total. The fourth-order valence-corrected chi connectivity index (χ4v) is 3.56. The van der Waals surface area contributed by atoms with Crippen molar-refractivity contribution in [2.75, 3.05) is 12.4 Å². The number of rotatable bonds is 5. The van der Waals surface area contributed by atoms with Crippen molar-refractivity contribution >= 4 is 39.6 Å². The predicted molar refractivity (Wildman–Crippen MR) is 95.2 cm³/mol. The predicted octanol–water partition coefficient (Wildman–Crippen LogP) is 2.98. The molecule has 1 saturated heterocycles. The highest BCUT2D eigenvalue weighted by Crippen LogP contribution is 2.31. The van der Waals surface area contributed by atoms with Crippen LogP contribution in [0.3, 0.4) is 0 Å². The standard InChI is InChI=1S/C16H14BrN3O4S/c1-2-23-15(22)7-14-20(13(21)9-25-14)8-12-18-19-16(24-12)10-5-3-4-6-11(10)17/h3-7H,2,8-9H2,1H3. The summed E-state index contributed by atoms with van der Waals surface area (Å²) < 4.78 is 11.4. The minimum Gasteiger partial charge on any atom is -0.463 e. The van der Waals surface area contributed by atoms with Crippen LogP contribution in [-0.2, 0) is 20.9 Å². The summed E-state index contributed by atoms with van der Waals surface area (Å²) in [6, 6.07) is 7.48. The molecule has 0 bridgehead atoms. The van der Waals surface area contributed by atoms with E-state index in [4.69, 9.17) is 9.15 Å². The molecule has 0 atom stereocenters. The fraction of sp³-hybridized carbons (Fsp3) is 0.250. The first kappa shape index (κ1) is 17.7. The Morgan fingerprint density at radius 3 is 3.00 bits per heavy atom. The number of amides is 1. The maximum Gasteiger partial charge on any atom is 0.333 e. The molecular formula is C16H14BrN3O4S. The molecule has 0 spiro atoms. The topological polar surface area (TPSA) is 85.5 Å². The third-order valence-corrected chi connectivity index (χ3v) is 5.02. The van der Waals surface area contributed by atoms with Crippen molar-refractivity contribution in [3.05, 3.63) is 45.7 Å². The monoisotopic (exact) mass is 423 g/mol. The van der Waals surface area contributed by atoms with Gasteiger partial charge in [0.15, 0.2) is 0 Å². The Balaban J connectivity index is 1.78. The molecule has 1 aromatic heterocycles. The summed E-state index contributed by atoms with van der Waals surface area (Å²) in [5.74, 6) is 0.301. The van der Waals surface area contributed by atoms with Crippen LogP contribution in [0.1, 0.15) is 12.8 Å². The van der Waals surface area contributed by atoms with E-state index >= 15 is 0 Å². The van der Waals surface area contributed by atoms with Gasteiger partial charge in [-0.1, -0.05) is 23.9 Å². The third kappa shape index (κ3) is 4.10. The number of nitrogens with zero attached hydrogens (tertiary/aromatic N) is 3. The molecular weight excluding hydrogens is 410 g/mol.